The van der Waals surface area contributed by atoms with E-state index in [9.17, 15) is 9.59 Å². The fourth-order valence-corrected chi connectivity index (χ4v) is 3.07. The number of carbonyl (C=O) groups is 2. The summed E-state index contributed by atoms with van der Waals surface area (Å²) < 4.78 is 5.43. The number of aromatic nitrogens is 1. The second-order valence-corrected chi connectivity index (χ2v) is 7.22. The van der Waals surface area contributed by atoms with Gasteiger partial charge in [0.15, 0.2) is 0 Å². The van der Waals surface area contributed by atoms with Crippen LogP contribution in [0.5, 0.6) is 0 Å². The molecule has 0 radical (unpaired) electrons. The highest BCUT2D eigenvalue weighted by Crippen LogP contribution is 2.33. The molecule has 0 spiro atoms. The Morgan fingerprint density at radius 3 is 2.50 bits per heavy atom. The molecule has 1 fully saturated rings. The van der Waals surface area contributed by atoms with Crippen molar-refractivity contribution in [1.82, 2.24) is 9.88 Å². The third kappa shape index (κ3) is 3.16. The summed E-state index contributed by atoms with van der Waals surface area (Å²) in [7, 11) is 1.76. The largest absolute Gasteiger partial charge is 0.444 e. The second kappa shape index (κ2) is 5.96. The first-order valence-electron chi connectivity index (χ1n) is 8.23. The molecule has 2 amide bonds. The second-order valence-electron chi connectivity index (χ2n) is 7.22. The van der Waals surface area contributed by atoms with Crippen molar-refractivity contribution in [3.05, 3.63) is 17.8 Å². The summed E-state index contributed by atoms with van der Waals surface area (Å²) in [6.07, 6.45) is 1.86. The molecule has 0 atom stereocenters. The smallest absolute Gasteiger partial charge is 0.410 e. The van der Waals surface area contributed by atoms with Crippen molar-refractivity contribution in [3.63, 3.8) is 0 Å². The minimum Gasteiger partial charge on any atom is -0.444 e. The van der Waals surface area contributed by atoms with Crippen LogP contribution in [0.25, 0.3) is 0 Å². The van der Waals surface area contributed by atoms with Gasteiger partial charge in [-0.25, -0.2) is 9.78 Å². The topological polar surface area (TPSA) is 66.0 Å². The van der Waals surface area contributed by atoms with Gasteiger partial charge in [0.2, 0.25) is 5.91 Å². The van der Waals surface area contributed by atoms with Gasteiger partial charge in [-0.1, -0.05) is 0 Å². The number of likely N-dealkylation sites (N-methyl/N-ethyl adjacent to an activating group) is 1. The molecule has 2 aliphatic heterocycles. The molecule has 7 nitrogen and oxygen atoms in total. The van der Waals surface area contributed by atoms with Crippen LogP contribution in [0.4, 0.5) is 16.3 Å². The molecule has 0 bridgehead atoms. The van der Waals surface area contributed by atoms with Crippen LogP contribution in [0.2, 0.25) is 0 Å². The van der Waals surface area contributed by atoms with Crippen LogP contribution in [-0.4, -0.2) is 60.7 Å². The van der Waals surface area contributed by atoms with Gasteiger partial charge in [0.1, 0.15) is 11.4 Å². The van der Waals surface area contributed by atoms with Crippen LogP contribution < -0.4 is 9.80 Å². The number of carbonyl (C=O) groups excluding carboxylic acids is 2. The lowest BCUT2D eigenvalue weighted by Gasteiger charge is -2.37. The van der Waals surface area contributed by atoms with Crippen LogP contribution in [0, 0.1) is 0 Å². The van der Waals surface area contributed by atoms with Crippen molar-refractivity contribution in [3.8, 4) is 0 Å². The molecule has 24 heavy (non-hydrogen) atoms. The highest BCUT2D eigenvalue weighted by atomic mass is 16.6. The molecule has 3 rings (SSSR count). The number of fused-ring (bicyclic) bond motifs is 1. The van der Waals surface area contributed by atoms with E-state index >= 15 is 0 Å². The van der Waals surface area contributed by atoms with E-state index in [4.69, 9.17) is 4.74 Å². The first kappa shape index (κ1) is 16.5. The highest BCUT2D eigenvalue weighted by molar-refractivity contribution is 6.01. The van der Waals surface area contributed by atoms with Crippen molar-refractivity contribution in [1.29, 1.82) is 0 Å². The Hall–Kier alpha value is -2.31. The average Bonchev–Trinajstić information content (AvgIpc) is 2.81. The molecule has 0 N–H and O–H groups in total. The lowest BCUT2D eigenvalue weighted by atomic mass is 10.1. The molecule has 0 aliphatic carbocycles. The molecule has 1 aromatic heterocycles. The highest BCUT2D eigenvalue weighted by Gasteiger charge is 2.31. The zero-order chi connectivity index (χ0) is 17.5. The first-order valence-corrected chi connectivity index (χ1v) is 8.23. The van der Waals surface area contributed by atoms with E-state index in [1.54, 1.807) is 23.0 Å². The SMILES string of the molecule is CN1C(=O)Cc2c(N3CCN(C(=O)OC(C)(C)C)CC3)ccnc21. The summed E-state index contributed by atoms with van der Waals surface area (Å²) in [4.78, 5) is 34.0. The van der Waals surface area contributed by atoms with Gasteiger partial charge in [-0.05, 0) is 26.8 Å². The standard InChI is InChI=1S/C17H24N4O3/c1-17(2,3)24-16(23)21-9-7-20(8-10-21)13-5-6-18-15-12(13)11-14(22)19(15)4/h5-6H,7-11H2,1-4H3. The van der Waals surface area contributed by atoms with Crippen molar-refractivity contribution >= 4 is 23.5 Å². The Bertz CT molecular complexity index is 660. The monoisotopic (exact) mass is 332 g/mol. The van der Waals surface area contributed by atoms with Gasteiger partial charge < -0.3 is 14.5 Å². The van der Waals surface area contributed by atoms with E-state index in [1.165, 1.54) is 0 Å². The summed E-state index contributed by atoms with van der Waals surface area (Å²) in [5.41, 5.74) is 1.54. The fraction of sp³-hybridized carbons (Fsp3) is 0.588. The summed E-state index contributed by atoms with van der Waals surface area (Å²) in [6.45, 7) is 8.26. The molecule has 0 unspecified atom stereocenters. The lowest BCUT2D eigenvalue weighted by Crippen LogP contribution is -2.50. The van der Waals surface area contributed by atoms with Gasteiger partial charge >= 0.3 is 6.09 Å². The van der Waals surface area contributed by atoms with Crippen molar-refractivity contribution in [2.24, 2.45) is 0 Å². The number of rotatable bonds is 1. The average molecular weight is 332 g/mol. The first-order chi connectivity index (χ1) is 11.3. The summed E-state index contributed by atoms with van der Waals surface area (Å²) >= 11 is 0. The van der Waals surface area contributed by atoms with Gasteiger partial charge in [0.25, 0.3) is 0 Å². The van der Waals surface area contributed by atoms with Crippen LogP contribution in [0.1, 0.15) is 26.3 Å². The zero-order valence-electron chi connectivity index (χ0n) is 14.7. The Kier molecular flexibility index (Phi) is 4.11. The molecule has 7 heteroatoms. The maximum Gasteiger partial charge on any atom is 0.410 e. The fourth-order valence-electron chi connectivity index (χ4n) is 3.07. The van der Waals surface area contributed by atoms with Crippen molar-refractivity contribution in [2.75, 3.05) is 43.0 Å². The number of hydrogen-bond donors (Lipinski definition) is 0. The number of pyridine rings is 1. The Balaban J connectivity index is 1.69. The summed E-state index contributed by atoms with van der Waals surface area (Å²) in [6, 6.07) is 1.95. The lowest BCUT2D eigenvalue weighted by molar-refractivity contribution is -0.117. The van der Waals surface area contributed by atoms with Crippen molar-refractivity contribution < 1.29 is 14.3 Å². The third-order valence-corrected chi connectivity index (χ3v) is 4.30. The van der Waals surface area contributed by atoms with Gasteiger partial charge in [-0.15, -0.1) is 0 Å². The van der Waals surface area contributed by atoms with E-state index in [0.717, 1.165) is 17.1 Å². The third-order valence-electron chi connectivity index (χ3n) is 4.30. The molecule has 0 saturated carbocycles. The number of nitrogens with zero attached hydrogens (tertiary/aromatic N) is 4. The molecular weight excluding hydrogens is 308 g/mol. The zero-order valence-corrected chi connectivity index (χ0v) is 14.7. The van der Waals surface area contributed by atoms with Gasteiger partial charge in [0, 0.05) is 50.7 Å². The molecular formula is C17H24N4O3. The maximum atomic E-state index is 12.2. The Morgan fingerprint density at radius 2 is 1.88 bits per heavy atom. The quantitative estimate of drug-likeness (QED) is 0.782. The van der Waals surface area contributed by atoms with Crippen LogP contribution in [-0.2, 0) is 16.0 Å². The number of anilines is 2. The molecule has 2 aliphatic rings. The van der Waals surface area contributed by atoms with Gasteiger partial charge in [0.05, 0.1) is 6.42 Å². The molecule has 3 heterocycles. The molecule has 130 valence electrons. The normalized spacial score (nSPS) is 18.0. The van der Waals surface area contributed by atoms with E-state index in [0.29, 0.717) is 32.6 Å². The van der Waals surface area contributed by atoms with E-state index in [1.807, 2.05) is 26.8 Å². The van der Waals surface area contributed by atoms with Gasteiger partial charge in [-0.3, -0.25) is 9.69 Å². The summed E-state index contributed by atoms with van der Waals surface area (Å²) in [5.74, 6) is 0.810. The number of ether oxygens (including phenoxy) is 1. The van der Waals surface area contributed by atoms with E-state index in [2.05, 4.69) is 9.88 Å². The predicted molar refractivity (Wildman–Crippen MR) is 91.4 cm³/mol. The maximum absolute atomic E-state index is 12.2. The van der Waals surface area contributed by atoms with E-state index < -0.39 is 5.60 Å². The minimum atomic E-state index is -0.481. The number of amides is 2. The predicted octanol–water partition coefficient (Wildman–Crippen LogP) is 1.66. The summed E-state index contributed by atoms with van der Waals surface area (Å²) in [5, 5.41) is 0. The van der Waals surface area contributed by atoms with Crippen LogP contribution >= 0.6 is 0 Å². The Morgan fingerprint density at radius 1 is 1.21 bits per heavy atom. The van der Waals surface area contributed by atoms with Crippen LogP contribution in [0.15, 0.2) is 12.3 Å². The Labute approximate surface area is 142 Å². The van der Waals surface area contributed by atoms with Gasteiger partial charge in [-0.2, -0.15) is 0 Å². The molecule has 1 aromatic rings. The number of piperazine rings is 1. The molecule has 1 saturated heterocycles. The van der Waals surface area contributed by atoms with Crippen molar-refractivity contribution in [2.45, 2.75) is 32.8 Å². The van der Waals surface area contributed by atoms with Crippen LogP contribution in [0.3, 0.4) is 0 Å². The number of hydrogen-bond acceptors (Lipinski definition) is 5. The minimum absolute atomic E-state index is 0.0670. The van der Waals surface area contributed by atoms with E-state index in [-0.39, 0.29) is 12.0 Å². The molecule has 0 aromatic carbocycles.